The third-order valence-electron chi connectivity index (χ3n) is 8.76. The fraction of sp³-hybridized carbons (Fsp3) is 0.606. The van der Waals surface area contributed by atoms with Crippen molar-refractivity contribution in [1.29, 1.82) is 0 Å². The van der Waals surface area contributed by atoms with Crippen molar-refractivity contribution in [3.05, 3.63) is 52.9 Å². The number of hydrogen-bond donors (Lipinski definition) is 0. The number of aromatic nitrogens is 2. The average Bonchev–Trinajstić information content (AvgIpc) is 3.39. The van der Waals surface area contributed by atoms with Crippen molar-refractivity contribution in [3.63, 3.8) is 0 Å². The number of benzene rings is 1. The summed E-state index contributed by atoms with van der Waals surface area (Å²) >= 11 is 0. The van der Waals surface area contributed by atoms with E-state index in [2.05, 4.69) is 15.1 Å². The number of ether oxygens (including phenoxy) is 1. The zero-order valence-electron chi connectivity index (χ0n) is 27.3. The lowest BCUT2D eigenvalue weighted by Crippen LogP contribution is -2.63. The van der Waals surface area contributed by atoms with Crippen molar-refractivity contribution >= 4 is 23.6 Å². The number of nitrogens with zero attached hydrogens (tertiary/aromatic N) is 6. The molecule has 1 unspecified atom stereocenters. The van der Waals surface area contributed by atoms with Gasteiger partial charge >= 0.3 is 6.09 Å². The summed E-state index contributed by atoms with van der Waals surface area (Å²) in [7, 11) is 0. The minimum Gasteiger partial charge on any atom is -0.444 e. The van der Waals surface area contributed by atoms with Gasteiger partial charge in [-0.1, -0.05) is 26.8 Å². The third kappa shape index (κ3) is 7.26. The minimum absolute atomic E-state index is 0.0779. The van der Waals surface area contributed by atoms with Gasteiger partial charge in [-0.2, -0.15) is 10.2 Å². The maximum Gasteiger partial charge on any atom is 0.410 e. The van der Waals surface area contributed by atoms with Crippen molar-refractivity contribution in [1.82, 2.24) is 24.9 Å². The van der Waals surface area contributed by atoms with E-state index in [-0.39, 0.29) is 48.3 Å². The SMILES string of the molecule is CC1CC(=O)N(C[C@H]2CN(C(=O)OC(C)(C)C)[C@H](C)CN2CC(=O)N2CC(C)(C)c3nnc(Cc4ccc(F)cc4F)cc32)C1. The number of anilines is 1. The van der Waals surface area contributed by atoms with Gasteiger partial charge in [0.25, 0.3) is 0 Å². The van der Waals surface area contributed by atoms with Gasteiger partial charge < -0.3 is 19.4 Å². The summed E-state index contributed by atoms with van der Waals surface area (Å²) in [4.78, 5) is 47.3. The van der Waals surface area contributed by atoms with E-state index in [4.69, 9.17) is 4.74 Å². The van der Waals surface area contributed by atoms with E-state index in [1.165, 1.54) is 12.1 Å². The van der Waals surface area contributed by atoms with Crippen LogP contribution >= 0.6 is 0 Å². The Kier molecular flexibility index (Phi) is 8.91. The molecule has 1 aromatic heterocycles. The average molecular weight is 627 g/mol. The van der Waals surface area contributed by atoms with Gasteiger partial charge in [0.05, 0.1) is 23.6 Å². The molecule has 0 bridgehead atoms. The molecule has 0 aliphatic carbocycles. The van der Waals surface area contributed by atoms with Crippen LogP contribution in [0.5, 0.6) is 0 Å². The number of amides is 3. The number of piperazine rings is 1. The van der Waals surface area contributed by atoms with Gasteiger partial charge in [0.2, 0.25) is 11.8 Å². The molecule has 45 heavy (non-hydrogen) atoms. The van der Waals surface area contributed by atoms with Crippen LogP contribution < -0.4 is 4.90 Å². The highest BCUT2D eigenvalue weighted by molar-refractivity contribution is 5.97. The predicted octanol–water partition coefficient (Wildman–Crippen LogP) is 4.15. The molecule has 3 aliphatic heterocycles. The van der Waals surface area contributed by atoms with E-state index >= 15 is 0 Å². The van der Waals surface area contributed by atoms with Gasteiger partial charge in [-0.25, -0.2) is 13.6 Å². The maximum atomic E-state index is 14.4. The summed E-state index contributed by atoms with van der Waals surface area (Å²) < 4.78 is 33.5. The Hall–Kier alpha value is -3.67. The molecule has 0 radical (unpaired) electrons. The van der Waals surface area contributed by atoms with Crippen LogP contribution in [0.15, 0.2) is 24.3 Å². The van der Waals surface area contributed by atoms with Crippen LogP contribution in [0.1, 0.15) is 71.8 Å². The summed E-state index contributed by atoms with van der Waals surface area (Å²) in [5.41, 5.74) is 0.936. The van der Waals surface area contributed by atoms with Gasteiger partial charge in [0.1, 0.15) is 17.2 Å². The van der Waals surface area contributed by atoms with Crippen LogP contribution in [0.2, 0.25) is 0 Å². The van der Waals surface area contributed by atoms with Gasteiger partial charge in [0, 0.05) is 69.1 Å². The zero-order chi connectivity index (χ0) is 32.8. The molecule has 3 atom stereocenters. The molecule has 244 valence electrons. The lowest BCUT2D eigenvalue weighted by Gasteiger charge is -2.46. The first-order chi connectivity index (χ1) is 21.0. The summed E-state index contributed by atoms with van der Waals surface area (Å²) in [6, 6.07) is 4.70. The number of carbonyl (C=O) groups is 3. The Balaban J connectivity index is 1.37. The molecule has 5 rings (SSSR count). The first-order valence-electron chi connectivity index (χ1n) is 15.6. The number of halogens is 2. The van der Waals surface area contributed by atoms with Crippen LogP contribution in [0.4, 0.5) is 19.3 Å². The molecule has 3 amide bonds. The normalized spacial score (nSPS) is 23.4. The summed E-state index contributed by atoms with van der Waals surface area (Å²) in [5.74, 6) is -1.13. The summed E-state index contributed by atoms with van der Waals surface area (Å²) in [5, 5.41) is 8.76. The standard InChI is InChI=1S/C33H44F2N6O4/c1-20-10-28(42)39(14-20)16-25-17-40(31(44)45-32(3,4)5)21(2)15-38(25)18-29(43)41-19-33(6,7)30-27(41)13-24(36-37-30)11-22-8-9-23(34)12-26(22)35/h8-9,12-13,20-21,25H,10-11,14-19H2,1-7H3/t20?,21-,25+/m1/s1. The monoisotopic (exact) mass is 626 g/mol. The van der Waals surface area contributed by atoms with Crippen molar-refractivity contribution < 1.29 is 27.9 Å². The highest BCUT2D eigenvalue weighted by atomic mass is 19.1. The van der Waals surface area contributed by atoms with E-state index in [1.54, 1.807) is 15.9 Å². The highest BCUT2D eigenvalue weighted by Gasteiger charge is 2.43. The van der Waals surface area contributed by atoms with E-state index in [0.29, 0.717) is 56.2 Å². The van der Waals surface area contributed by atoms with E-state index < -0.39 is 28.7 Å². The largest absolute Gasteiger partial charge is 0.444 e. The number of likely N-dealkylation sites (tertiary alicyclic amines) is 1. The van der Waals surface area contributed by atoms with Crippen molar-refractivity contribution in [3.8, 4) is 0 Å². The Labute approximate surface area is 263 Å². The Morgan fingerprint density at radius 3 is 2.44 bits per heavy atom. The second kappa shape index (κ2) is 12.3. The molecular weight excluding hydrogens is 582 g/mol. The second-order valence-corrected chi connectivity index (χ2v) is 14.5. The summed E-state index contributed by atoms with van der Waals surface area (Å²) in [6.45, 7) is 15.7. The fourth-order valence-electron chi connectivity index (χ4n) is 6.54. The van der Waals surface area contributed by atoms with Crippen LogP contribution in [0, 0.1) is 17.6 Å². The number of fused-ring (bicyclic) bond motifs is 1. The van der Waals surface area contributed by atoms with Crippen LogP contribution in [0.3, 0.4) is 0 Å². The molecule has 1 aromatic carbocycles. The van der Waals surface area contributed by atoms with E-state index in [1.807, 2.05) is 53.4 Å². The molecule has 0 N–H and O–H groups in total. The molecule has 2 fully saturated rings. The lowest BCUT2D eigenvalue weighted by atomic mass is 9.91. The fourth-order valence-corrected chi connectivity index (χ4v) is 6.54. The van der Waals surface area contributed by atoms with Gasteiger partial charge in [0.15, 0.2) is 0 Å². The first kappa shape index (κ1) is 32.7. The molecule has 0 spiro atoms. The minimum atomic E-state index is -0.665. The molecule has 0 saturated carbocycles. The van der Waals surface area contributed by atoms with Crippen LogP contribution in [-0.2, 0) is 26.2 Å². The molecule has 10 nitrogen and oxygen atoms in total. The van der Waals surface area contributed by atoms with Crippen LogP contribution in [0.25, 0.3) is 0 Å². The third-order valence-corrected chi connectivity index (χ3v) is 8.76. The summed E-state index contributed by atoms with van der Waals surface area (Å²) in [6.07, 6.45) is 0.178. The second-order valence-electron chi connectivity index (χ2n) is 14.5. The zero-order valence-corrected chi connectivity index (χ0v) is 27.3. The molecular formula is C33H44F2N6O4. The Morgan fingerprint density at radius 1 is 1.07 bits per heavy atom. The number of hydrogen-bond acceptors (Lipinski definition) is 7. The molecule has 12 heteroatoms. The van der Waals surface area contributed by atoms with E-state index in [0.717, 1.165) is 6.07 Å². The maximum absolute atomic E-state index is 14.4. The molecule has 2 aromatic rings. The number of carbonyl (C=O) groups excluding carboxylic acids is 3. The van der Waals surface area contributed by atoms with Gasteiger partial charge in [-0.15, -0.1) is 0 Å². The van der Waals surface area contributed by atoms with Crippen LogP contribution in [-0.4, -0.2) is 99.8 Å². The smallest absolute Gasteiger partial charge is 0.410 e. The highest BCUT2D eigenvalue weighted by Crippen LogP contribution is 2.39. The predicted molar refractivity (Wildman–Crippen MR) is 165 cm³/mol. The lowest BCUT2D eigenvalue weighted by molar-refractivity contribution is -0.129. The topological polar surface area (TPSA) is 99.2 Å². The quantitative estimate of drug-likeness (QED) is 0.475. The van der Waals surface area contributed by atoms with E-state index in [9.17, 15) is 23.2 Å². The Morgan fingerprint density at radius 2 is 1.80 bits per heavy atom. The Bertz CT molecular complexity index is 1480. The number of rotatable bonds is 6. The molecule has 4 heterocycles. The van der Waals surface area contributed by atoms with Crippen molar-refractivity contribution in [2.75, 3.05) is 44.2 Å². The molecule has 3 aliphatic rings. The van der Waals surface area contributed by atoms with Gasteiger partial charge in [-0.05, 0) is 51.3 Å². The first-order valence-corrected chi connectivity index (χ1v) is 15.6. The molecule has 2 saturated heterocycles. The van der Waals surface area contributed by atoms with Crippen molar-refractivity contribution in [2.45, 2.75) is 84.4 Å². The van der Waals surface area contributed by atoms with Gasteiger partial charge in [-0.3, -0.25) is 14.5 Å². The van der Waals surface area contributed by atoms with Crippen molar-refractivity contribution in [2.24, 2.45) is 5.92 Å².